The highest BCUT2D eigenvalue weighted by Crippen LogP contribution is 2.38. The average molecular weight is 418 g/mol. The Morgan fingerprint density at radius 3 is 2.21 bits per heavy atom. The number of esters is 1. The molecular weight excluding hydrogens is 397 g/mol. The summed E-state index contributed by atoms with van der Waals surface area (Å²) in [4.78, 5) is 27.3. The molecule has 0 bridgehead atoms. The molecule has 28 heavy (non-hydrogen) atoms. The largest absolute Gasteiger partial charge is 0.463 e. The van der Waals surface area contributed by atoms with Crippen LogP contribution in [0.25, 0.3) is 0 Å². The van der Waals surface area contributed by atoms with Crippen molar-refractivity contribution in [2.75, 3.05) is 6.61 Å². The van der Waals surface area contributed by atoms with Gasteiger partial charge in [0, 0.05) is 28.1 Å². The van der Waals surface area contributed by atoms with Crippen LogP contribution in [-0.4, -0.2) is 23.4 Å². The molecule has 0 unspecified atom stereocenters. The van der Waals surface area contributed by atoms with Gasteiger partial charge < -0.3 is 9.64 Å². The predicted octanol–water partition coefficient (Wildman–Crippen LogP) is 5.35. The van der Waals surface area contributed by atoms with Gasteiger partial charge in [-0.1, -0.05) is 47.5 Å². The molecule has 2 aromatic carbocycles. The molecule has 6 heteroatoms. The lowest BCUT2D eigenvalue weighted by Crippen LogP contribution is -2.38. The van der Waals surface area contributed by atoms with Crippen LogP contribution in [-0.2, 0) is 20.9 Å². The van der Waals surface area contributed by atoms with Crippen molar-refractivity contribution in [2.24, 2.45) is 0 Å². The van der Waals surface area contributed by atoms with Crippen LogP contribution in [0.3, 0.4) is 0 Å². The van der Waals surface area contributed by atoms with Crippen molar-refractivity contribution in [3.05, 3.63) is 81.0 Å². The molecule has 0 aliphatic carbocycles. The molecule has 0 N–H and O–H groups in total. The third-order valence-electron chi connectivity index (χ3n) is 4.84. The maximum atomic E-state index is 12.9. The number of carbonyl (C=O) groups excluding carboxylic acids is 2. The second-order valence-corrected chi connectivity index (χ2v) is 7.51. The number of allylic oxidation sites excluding steroid dienone is 1. The highest BCUT2D eigenvalue weighted by Gasteiger charge is 2.36. The first kappa shape index (κ1) is 20.4. The normalized spacial score (nSPS) is 17.1. The Labute approximate surface area is 174 Å². The zero-order valence-corrected chi connectivity index (χ0v) is 17.3. The SMILES string of the molecule is CCOC(=O)C1=C(C)N(Cc2ccc(Cl)cc2)C(=O)C[C@H]1c1ccc(Cl)cc1. The van der Waals surface area contributed by atoms with E-state index in [0.29, 0.717) is 27.9 Å². The summed E-state index contributed by atoms with van der Waals surface area (Å²) in [7, 11) is 0. The molecule has 1 amide bonds. The van der Waals surface area contributed by atoms with E-state index in [1.54, 1.807) is 43.0 Å². The lowest BCUT2D eigenvalue weighted by molar-refractivity contribution is -0.140. The molecule has 1 aliphatic rings. The number of amides is 1. The minimum atomic E-state index is -0.395. The maximum absolute atomic E-state index is 12.9. The van der Waals surface area contributed by atoms with E-state index >= 15 is 0 Å². The van der Waals surface area contributed by atoms with Gasteiger partial charge in [-0.25, -0.2) is 4.79 Å². The van der Waals surface area contributed by atoms with Gasteiger partial charge in [0.15, 0.2) is 0 Å². The van der Waals surface area contributed by atoms with Gasteiger partial charge in [0.25, 0.3) is 0 Å². The Morgan fingerprint density at radius 1 is 1.07 bits per heavy atom. The minimum Gasteiger partial charge on any atom is -0.463 e. The van der Waals surface area contributed by atoms with Crippen LogP contribution in [0, 0.1) is 0 Å². The number of benzene rings is 2. The summed E-state index contributed by atoms with van der Waals surface area (Å²) in [6.07, 6.45) is 0.195. The number of hydrogen-bond donors (Lipinski definition) is 0. The monoisotopic (exact) mass is 417 g/mol. The smallest absolute Gasteiger partial charge is 0.336 e. The van der Waals surface area contributed by atoms with Gasteiger partial charge in [0.1, 0.15) is 0 Å². The highest BCUT2D eigenvalue weighted by molar-refractivity contribution is 6.30. The molecule has 0 fully saturated rings. The van der Waals surface area contributed by atoms with Gasteiger partial charge in [-0.3, -0.25) is 4.79 Å². The first-order chi connectivity index (χ1) is 13.4. The summed E-state index contributed by atoms with van der Waals surface area (Å²) in [5, 5.41) is 1.24. The fraction of sp³-hybridized carbons (Fsp3) is 0.273. The zero-order chi connectivity index (χ0) is 20.3. The molecule has 146 valence electrons. The van der Waals surface area contributed by atoms with Crippen LogP contribution in [0.15, 0.2) is 59.8 Å². The molecule has 2 aromatic rings. The highest BCUT2D eigenvalue weighted by atomic mass is 35.5. The molecule has 0 radical (unpaired) electrons. The Balaban J connectivity index is 2.00. The number of rotatable bonds is 5. The summed E-state index contributed by atoms with van der Waals surface area (Å²) in [6.45, 7) is 4.21. The number of ether oxygens (including phenoxy) is 1. The van der Waals surface area contributed by atoms with Gasteiger partial charge in [0.2, 0.25) is 5.91 Å². The van der Waals surface area contributed by atoms with E-state index in [9.17, 15) is 9.59 Å². The summed E-state index contributed by atoms with van der Waals surface area (Å²) >= 11 is 11.9. The second kappa shape index (κ2) is 8.80. The van der Waals surface area contributed by atoms with Crippen LogP contribution < -0.4 is 0 Å². The number of carbonyl (C=O) groups is 2. The van der Waals surface area contributed by atoms with E-state index < -0.39 is 5.97 Å². The van der Waals surface area contributed by atoms with Crippen LogP contribution in [0.1, 0.15) is 37.3 Å². The van der Waals surface area contributed by atoms with E-state index in [4.69, 9.17) is 27.9 Å². The molecule has 0 aromatic heterocycles. The van der Waals surface area contributed by atoms with Gasteiger partial charge in [0.05, 0.1) is 18.7 Å². The maximum Gasteiger partial charge on any atom is 0.336 e. The summed E-state index contributed by atoms with van der Waals surface area (Å²) in [5.41, 5.74) is 2.93. The molecule has 1 atom stereocenters. The lowest BCUT2D eigenvalue weighted by atomic mass is 9.83. The van der Waals surface area contributed by atoms with E-state index in [1.165, 1.54) is 0 Å². The second-order valence-electron chi connectivity index (χ2n) is 6.63. The molecule has 0 spiro atoms. The zero-order valence-electron chi connectivity index (χ0n) is 15.7. The third kappa shape index (κ3) is 4.40. The Hall–Kier alpha value is -2.30. The molecule has 4 nitrogen and oxygen atoms in total. The van der Waals surface area contributed by atoms with Crippen LogP contribution >= 0.6 is 23.2 Å². The first-order valence-corrected chi connectivity index (χ1v) is 9.84. The van der Waals surface area contributed by atoms with Gasteiger partial charge in [-0.15, -0.1) is 0 Å². The van der Waals surface area contributed by atoms with E-state index in [1.807, 2.05) is 24.3 Å². The van der Waals surface area contributed by atoms with E-state index in [2.05, 4.69) is 0 Å². The van der Waals surface area contributed by atoms with Crippen LogP contribution in [0.4, 0.5) is 0 Å². The lowest BCUT2D eigenvalue weighted by Gasteiger charge is -2.34. The average Bonchev–Trinajstić information content (AvgIpc) is 2.67. The summed E-state index contributed by atoms with van der Waals surface area (Å²) in [5.74, 6) is -0.792. The van der Waals surface area contributed by atoms with E-state index in [0.717, 1.165) is 11.1 Å². The standard InChI is InChI=1S/C22H21Cl2NO3/c1-3-28-22(27)21-14(2)25(13-15-4-8-17(23)9-5-15)20(26)12-19(21)16-6-10-18(24)11-7-16/h4-11,19H,3,12-13H2,1-2H3/t19-/m0/s1. The third-order valence-corrected chi connectivity index (χ3v) is 5.35. The number of halogens is 2. The fourth-order valence-corrected chi connectivity index (χ4v) is 3.68. The molecule has 1 aliphatic heterocycles. The minimum absolute atomic E-state index is 0.0413. The van der Waals surface area contributed by atoms with Crippen molar-refractivity contribution in [1.82, 2.24) is 4.90 Å². The predicted molar refractivity (Wildman–Crippen MR) is 110 cm³/mol. The summed E-state index contributed by atoms with van der Waals surface area (Å²) < 4.78 is 5.30. The topological polar surface area (TPSA) is 46.6 Å². The molecule has 0 saturated carbocycles. The van der Waals surface area contributed by atoms with Crippen LogP contribution in [0.5, 0.6) is 0 Å². The summed E-state index contributed by atoms with van der Waals surface area (Å²) in [6, 6.07) is 14.5. The fourth-order valence-electron chi connectivity index (χ4n) is 3.43. The Kier molecular flexibility index (Phi) is 6.42. The Morgan fingerprint density at radius 2 is 1.64 bits per heavy atom. The van der Waals surface area contributed by atoms with Crippen molar-refractivity contribution >= 4 is 35.1 Å². The van der Waals surface area contributed by atoms with Crippen molar-refractivity contribution in [3.8, 4) is 0 Å². The van der Waals surface area contributed by atoms with Crippen molar-refractivity contribution in [2.45, 2.75) is 32.7 Å². The molecule has 0 saturated heterocycles. The molecule has 3 rings (SSSR count). The van der Waals surface area contributed by atoms with Crippen molar-refractivity contribution < 1.29 is 14.3 Å². The quantitative estimate of drug-likeness (QED) is 0.616. The van der Waals surface area contributed by atoms with Gasteiger partial charge in [-0.05, 0) is 49.2 Å². The van der Waals surface area contributed by atoms with Crippen molar-refractivity contribution in [1.29, 1.82) is 0 Å². The van der Waals surface area contributed by atoms with E-state index in [-0.39, 0.29) is 24.9 Å². The molecular formula is C22H21Cl2NO3. The van der Waals surface area contributed by atoms with Gasteiger partial charge in [-0.2, -0.15) is 0 Å². The van der Waals surface area contributed by atoms with Crippen LogP contribution in [0.2, 0.25) is 10.0 Å². The number of nitrogens with zero attached hydrogens (tertiary/aromatic N) is 1. The molecule has 1 heterocycles. The van der Waals surface area contributed by atoms with Gasteiger partial charge >= 0.3 is 5.97 Å². The number of hydrogen-bond acceptors (Lipinski definition) is 3. The van der Waals surface area contributed by atoms with Crippen molar-refractivity contribution in [3.63, 3.8) is 0 Å². The first-order valence-electron chi connectivity index (χ1n) is 9.08. The Bertz CT molecular complexity index is 904.